The van der Waals surface area contributed by atoms with Crippen molar-refractivity contribution in [2.24, 2.45) is 0 Å². The van der Waals surface area contributed by atoms with Gasteiger partial charge < -0.3 is 0 Å². The fourth-order valence-electron chi connectivity index (χ4n) is 1.36. The van der Waals surface area contributed by atoms with Crippen LogP contribution < -0.4 is 4.72 Å². The molecule has 0 aliphatic heterocycles. The molecule has 6 heteroatoms. The van der Waals surface area contributed by atoms with Crippen molar-refractivity contribution in [3.8, 4) is 0 Å². The lowest BCUT2D eigenvalue weighted by molar-refractivity contribution is 0.563. The molecular formula is C9H14N2O2S2. The number of nitrogens with zero attached hydrogens (tertiary/aromatic N) is 1. The molecule has 0 spiro atoms. The minimum absolute atomic E-state index is 0.167. The highest BCUT2D eigenvalue weighted by molar-refractivity contribution is 7.90. The van der Waals surface area contributed by atoms with Crippen molar-refractivity contribution in [1.82, 2.24) is 9.71 Å². The van der Waals surface area contributed by atoms with Crippen molar-refractivity contribution in [2.45, 2.75) is 38.0 Å². The zero-order valence-electron chi connectivity index (χ0n) is 8.73. The molecule has 2 rings (SSSR count). The average molecular weight is 246 g/mol. The second-order valence-electron chi connectivity index (χ2n) is 3.88. The summed E-state index contributed by atoms with van der Waals surface area (Å²) in [6.45, 7) is 3.74. The first kappa shape index (κ1) is 11.0. The molecule has 0 aromatic carbocycles. The van der Waals surface area contributed by atoms with Crippen molar-refractivity contribution in [3.63, 3.8) is 0 Å². The number of thiazole rings is 1. The van der Waals surface area contributed by atoms with Crippen LogP contribution in [0, 0.1) is 6.92 Å². The van der Waals surface area contributed by atoms with Gasteiger partial charge in [0, 0.05) is 5.38 Å². The zero-order chi connectivity index (χ0) is 11.1. The second-order valence-corrected chi connectivity index (χ2v) is 6.93. The lowest BCUT2D eigenvalue weighted by Gasteiger charge is -2.11. The van der Waals surface area contributed by atoms with E-state index in [1.807, 2.05) is 19.2 Å². The van der Waals surface area contributed by atoms with Gasteiger partial charge in [0.1, 0.15) is 0 Å². The predicted octanol–water partition coefficient (Wildman–Crippen LogP) is 1.59. The van der Waals surface area contributed by atoms with Gasteiger partial charge in [0.05, 0.1) is 22.0 Å². The number of hydrogen-bond acceptors (Lipinski definition) is 4. The Morgan fingerprint density at radius 1 is 1.60 bits per heavy atom. The largest absolute Gasteiger partial charge is 0.245 e. The average Bonchev–Trinajstić information content (AvgIpc) is 2.89. The highest BCUT2D eigenvalue weighted by atomic mass is 32.2. The molecule has 1 aromatic heterocycles. The van der Waals surface area contributed by atoms with Crippen molar-refractivity contribution in [3.05, 3.63) is 16.1 Å². The second kappa shape index (κ2) is 3.84. The number of rotatable bonds is 4. The minimum Gasteiger partial charge on any atom is -0.245 e. The Morgan fingerprint density at radius 3 is 2.73 bits per heavy atom. The van der Waals surface area contributed by atoms with Crippen molar-refractivity contribution in [2.75, 3.05) is 0 Å². The summed E-state index contributed by atoms with van der Waals surface area (Å²) in [6.07, 6.45) is 1.58. The monoisotopic (exact) mass is 246 g/mol. The summed E-state index contributed by atoms with van der Waals surface area (Å²) in [4.78, 5) is 4.27. The molecule has 0 saturated heterocycles. The Kier molecular flexibility index (Phi) is 2.83. The molecule has 4 nitrogen and oxygen atoms in total. The molecule has 1 aromatic rings. The Balaban J connectivity index is 2.06. The Bertz CT molecular complexity index is 448. The minimum atomic E-state index is -3.11. The number of aryl methyl sites for hydroxylation is 1. The molecule has 1 aliphatic carbocycles. The molecule has 1 atom stereocenters. The van der Waals surface area contributed by atoms with E-state index in [0.717, 1.165) is 23.5 Å². The molecular weight excluding hydrogens is 232 g/mol. The van der Waals surface area contributed by atoms with Gasteiger partial charge in [-0.25, -0.2) is 18.1 Å². The van der Waals surface area contributed by atoms with Gasteiger partial charge in [-0.3, -0.25) is 0 Å². The molecule has 0 radical (unpaired) electrons. The molecule has 1 N–H and O–H groups in total. The Hall–Kier alpha value is -0.460. The zero-order valence-corrected chi connectivity index (χ0v) is 10.4. The van der Waals surface area contributed by atoms with Crippen molar-refractivity contribution < 1.29 is 8.42 Å². The van der Waals surface area contributed by atoms with Gasteiger partial charge in [0.15, 0.2) is 0 Å². The van der Waals surface area contributed by atoms with Crippen LogP contribution in [0.5, 0.6) is 0 Å². The standard InChI is InChI=1S/C9H14N2O2S2/c1-6(9-5-14-7(2)10-9)11-15(12,13)8-3-4-8/h5-6,8,11H,3-4H2,1-2H3. The van der Waals surface area contributed by atoms with Gasteiger partial charge >= 0.3 is 0 Å². The smallest absolute Gasteiger partial charge is 0.215 e. The van der Waals surface area contributed by atoms with E-state index < -0.39 is 10.0 Å². The SMILES string of the molecule is Cc1nc(C(C)NS(=O)(=O)C2CC2)cs1. The number of nitrogens with one attached hydrogen (secondary N) is 1. The van der Waals surface area contributed by atoms with Gasteiger partial charge in [0.25, 0.3) is 0 Å². The van der Waals surface area contributed by atoms with Crippen LogP contribution in [0.2, 0.25) is 0 Å². The fourth-order valence-corrected chi connectivity index (χ4v) is 3.63. The normalized spacial score (nSPS) is 19.1. The lowest BCUT2D eigenvalue weighted by Crippen LogP contribution is -2.30. The van der Waals surface area contributed by atoms with E-state index in [0.29, 0.717) is 0 Å². The first-order valence-electron chi connectivity index (χ1n) is 4.92. The van der Waals surface area contributed by atoms with E-state index in [4.69, 9.17) is 0 Å². The van der Waals surface area contributed by atoms with Crippen LogP contribution in [0.1, 0.15) is 36.5 Å². The van der Waals surface area contributed by atoms with Crippen LogP contribution in [0.15, 0.2) is 5.38 Å². The highest BCUT2D eigenvalue weighted by Gasteiger charge is 2.36. The van der Waals surface area contributed by atoms with Gasteiger partial charge in [-0.2, -0.15) is 0 Å². The first-order chi connectivity index (χ1) is 6.99. The third-order valence-corrected chi connectivity index (χ3v) is 5.21. The maximum absolute atomic E-state index is 11.6. The van der Waals surface area contributed by atoms with Crippen LogP contribution in [0.25, 0.3) is 0 Å². The van der Waals surface area contributed by atoms with E-state index >= 15 is 0 Å². The predicted molar refractivity (Wildman–Crippen MR) is 60.3 cm³/mol. The maximum atomic E-state index is 11.6. The summed E-state index contributed by atoms with van der Waals surface area (Å²) in [6, 6.07) is -0.222. The topological polar surface area (TPSA) is 59.1 Å². The van der Waals surface area contributed by atoms with Gasteiger partial charge in [-0.1, -0.05) is 0 Å². The molecule has 84 valence electrons. The molecule has 1 unspecified atom stereocenters. The highest BCUT2D eigenvalue weighted by Crippen LogP contribution is 2.29. The summed E-state index contributed by atoms with van der Waals surface area (Å²) in [5.74, 6) is 0. The van der Waals surface area contributed by atoms with E-state index in [9.17, 15) is 8.42 Å². The van der Waals surface area contributed by atoms with E-state index in [-0.39, 0.29) is 11.3 Å². The van der Waals surface area contributed by atoms with Crippen LogP contribution in [-0.4, -0.2) is 18.7 Å². The molecule has 1 fully saturated rings. The summed E-state index contributed by atoms with van der Waals surface area (Å²) in [7, 11) is -3.11. The molecule has 1 heterocycles. The van der Waals surface area contributed by atoms with E-state index in [2.05, 4.69) is 9.71 Å². The van der Waals surface area contributed by atoms with Crippen LogP contribution in [0.3, 0.4) is 0 Å². The van der Waals surface area contributed by atoms with Crippen LogP contribution >= 0.6 is 11.3 Å². The Labute approximate surface area is 93.8 Å². The third kappa shape index (κ3) is 2.56. The van der Waals surface area contributed by atoms with Crippen LogP contribution in [-0.2, 0) is 10.0 Å². The number of aromatic nitrogens is 1. The Morgan fingerprint density at radius 2 is 2.27 bits per heavy atom. The fraction of sp³-hybridized carbons (Fsp3) is 0.667. The lowest BCUT2D eigenvalue weighted by atomic mass is 10.3. The summed E-state index contributed by atoms with van der Waals surface area (Å²) in [5.41, 5.74) is 0.807. The van der Waals surface area contributed by atoms with Crippen molar-refractivity contribution >= 4 is 21.4 Å². The number of sulfonamides is 1. The van der Waals surface area contributed by atoms with Gasteiger partial charge in [-0.15, -0.1) is 11.3 Å². The molecule has 15 heavy (non-hydrogen) atoms. The molecule has 1 aliphatic rings. The molecule has 1 saturated carbocycles. The van der Waals surface area contributed by atoms with Gasteiger partial charge in [-0.05, 0) is 26.7 Å². The summed E-state index contributed by atoms with van der Waals surface area (Å²) < 4.78 is 26.0. The summed E-state index contributed by atoms with van der Waals surface area (Å²) in [5, 5.41) is 2.69. The molecule has 0 bridgehead atoms. The van der Waals surface area contributed by atoms with E-state index in [1.54, 1.807) is 0 Å². The maximum Gasteiger partial charge on any atom is 0.215 e. The number of hydrogen-bond donors (Lipinski definition) is 1. The molecule has 0 amide bonds. The van der Waals surface area contributed by atoms with Gasteiger partial charge in [0.2, 0.25) is 10.0 Å². The van der Waals surface area contributed by atoms with E-state index in [1.165, 1.54) is 11.3 Å². The first-order valence-corrected chi connectivity index (χ1v) is 7.35. The summed E-state index contributed by atoms with van der Waals surface area (Å²) >= 11 is 1.54. The van der Waals surface area contributed by atoms with Crippen molar-refractivity contribution in [1.29, 1.82) is 0 Å². The quantitative estimate of drug-likeness (QED) is 0.877. The van der Waals surface area contributed by atoms with Crippen LogP contribution in [0.4, 0.5) is 0 Å². The third-order valence-electron chi connectivity index (χ3n) is 2.38.